The molecule has 1 aliphatic carbocycles. The van der Waals surface area contributed by atoms with Gasteiger partial charge in [-0.25, -0.2) is 13.2 Å². The minimum Gasteiger partial charge on any atom is -0.478 e. The Morgan fingerprint density at radius 2 is 1.68 bits per heavy atom. The highest BCUT2D eigenvalue weighted by Crippen LogP contribution is 2.45. The number of benzene rings is 3. The molecule has 2 aliphatic rings. The second kappa shape index (κ2) is 10.4. The first-order chi connectivity index (χ1) is 18.1. The Labute approximate surface area is 229 Å². The fourth-order valence-electron chi connectivity index (χ4n) is 6.20. The van der Waals surface area contributed by atoms with Gasteiger partial charge in [-0.05, 0) is 79.6 Å². The molecule has 0 unspecified atom stereocenters. The van der Waals surface area contributed by atoms with E-state index in [0.717, 1.165) is 36.9 Å². The van der Waals surface area contributed by atoms with Crippen LogP contribution < -0.4 is 4.90 Å². The van der Waals surface area contributed by atoms with Crippen molar-refractivity contribution in [2.45, 2.75) is 56.9 Å². The number of fused-ring (bicyclic) bond motifs is 1. The van der Waals surface area contributed by atoms with Crippen LogP contribution in [0.15, 0.2) is 59.5 Å². The number of hydrogen-bond acceptors (Lipinski definition) is 4. The van der Waals surface area contributed by atoms with Crippen LogP contribution >= 0.6 is 11.6 Å². The monoisotopic (exact) mass is 552 g/mol. The largest absolute Gasteiger partial charge is 0.478 e. The molecular weight excluding hydrogens is 520 g/mol. The highest BCUT2D eigenvalue weighted by atomic mass is 35.5. The number of carbonyl (C=O) groups is 1. The van der Waals surface area contributed by atoms with Crippen molar-refractivity contribution in [3.63, 3.8) is 0 Å². The first-order valence-electron chi connectivity index (χ1n) is 13.1. The van der Waals surface area contributed by atoms with Gasteiger partial charge in [-0.15, -0.1) is 0 Å². The zero-order chi connectivity index (χ0) is 27.2. The van der Waals surface area contributed by atoms with Crippen molar-refractivity contribution in [2.75, 3.05) is 18.5 Å². The van der Waals surface area contributed by atoms with E-state index in [1.165, 1.54) is 6.42 Å². The van der Waals surface area contributed by atoms with Crippen molar-refractivity contribution < 1.29 is 18.3 Å². The van der Waals surface area contributed by atoms with Crippen LogP contribution in [-0.4, -0.2) is 43.4 Å². The van der Waals surface area contributed by atoms with E-state index >= 15 is 0 Å². The summed E-state index contributed by atoms with van der Waals surface area (Å²) < 4.78 is 30.1. The molecule has 5 rings (SSSR count). The molecule has 1 atom stereocenters. The number of hydrogen-bond donors (Lipinski definition) is 1. The van der Waals surface area contributed by atoms with Gasteiger partial charge in [0, 0.05) is 30.9 Å². The van der Waals surface area contributed by atoms with E-state index in [9.17, 15) is 18.3 Å². The van der Waals surface area contributed by atoms with E-state index in [0.29, 0.717) is 33.9 Å². The van der Waals surface area contributed by atoms with Crippen molar-refractivity contribution in [1.29, 1.82) is 0 Å². The Hall–Kier alpha value is -2.87. The third-order valence-corrected chi connectivity index (χ3v) is 10.5. The third-order valence-electron chi connectivity index (χ3n) is 8.27. The Bertz CT molecular complexity index is 1480. The molecule has 0 aromatic heterocycles. The van der Waals surface area contributed by atoms with Gasteiger partial charge in [0.15, 0.2) is 0 Å². The molecule has 1 heterocycles. The van der Waals surface area contributed by atoms with E-state index in [2.05, 4.69) is 4.90 Å². The number of nitrogens with zero attached hydrogens (tertiary/aromatic N) is 2. The summed E-state index contributed by atoms with van der Waals surface area (Å²) in [5.74, 6) is -0.761. The van der Waals surface area contributed by atoms with E-state index in [1.807, 2.05) is 37.3 Å². The van der Waals surface area contributed by atoms with Crippen molar-refractivity contribution >= 4 is 39.0 Å². The van der Waals surface area contributed by atoms with E-state index in [1.54, 1.807) is 42.5 Å². The third kappa shape index (κ3) is 4.61. The molecule has 8 heteroatoms. The smallest absolute Gasteiger partial charge is 0.335 e. The van der Waals surface area contributed by atoms with Crippen LogP contribution in [-0.2, 0) is 10.0 Å². The van der Waals surface area contributed by atoms with E-state index in [4.69, 9.17) is 11.6 Å². The lowest BCUT2D eigenvalue weighted by Gasteiger charge is -2.36. The predicted octanol–water partition coefficient (Wildman–Crippen LogP) is 7.04. The SMILES string of the molecule is Cc1ccc(C(=O)O)c(C)c1-c1cc2c(cc1Cl)N(c1ccccc1)C[C@@H](C1CCCCC1)N(C)S2(=O)=O. The lowest BCUT2D eigenvalue weighted by atomic mass is 9.83. The molecule has 0 amide bonds. The van der Waals surface area contributed by atoms with Gasteiger partial charge in [0.2, 0.25) is 10.0 Å². The molecule has 200 valence electrons. The number of sulfonamides is 1. The highest BCUT2D eigenvalue weighted by molar-refractivity contribution is 7.89. The van der Waals surface area contributed by atoms with E-state index in [-0.39, 0.29) is 22.4 Å². The number of aromatic carboxylic acids is 1. The molecule has 0 bridgehead atoms. The maximum atomic E-state index is 14.3. The molecule has 6 nitrogen and oxygen atoms in total. The number of likely N-dealkylation sites (N-methyl/N-ethyl adjacent to an activating group) is 1. The number of anilines is 2. The summed E-state index contributed by atoms with van der Waals surface area (Å²) in [4.78, 5) is 14.1. The van der Waals surface area contributed by atoms with Gasteiger partial charge in [0.25, 0.3) is 0 Å². The molecule has 1 fully saturated rings. The average Bonchev–Trinajstić information content (AvgIpc) is 2.98. The molecule has 1 aliphatic heterocycles. The van der Waals surface area contributed by atoms with E-state index < -0.39 is 16.0 Å². The fraction of sp³-hybridized carbons (Fsp3) is 0.367. The molecule has 0 radical (unpaired) electrons. The van der Waals surface area contributed by atoms with Crippen LogP contribution in [0, 0.1) is 19.8 Å². The van der Waals surface area contributed by atoms with Crippen LogP contribution in [0.5, 0.6) is 0 Å². The topological polar surface area (TPSA) is 77.9 Å². The molecule has 38 heavy (non-hydrogen) atoms. The molecule has 1 saturated carbocycles. The Kier molecular flexibility index (Phi) is 7.29. The average molecular weight is 553 g/mol. The van der Waals surface area contributed by atoms with Gasteiger partial charge >= 0.3 is 5.97 Å². The molecule has 1 N–H and O–H groups in total. The fourth-order valence-corrected chi connectivity index (χ4v) is 8.05. The molecule has 3 aromatic carbocycles. The molecular formula is C30H33ClN2O4S. The highest BCUT2D eigenvalue weighted by Gasteiger charge is 2.41. The van der Waals surface area contributed by atoms with Gasteiger partial charge in [-0.3, -0.25) is 0 Å². The minimum absolute atomic E-state index is 0.167. The summed E-state index contributed by atoms with van der Waals surface area (Å²) in [6.45, 7) is 4.15. The summed E-state index contributed by atoms with van der Waals surface area (Å²) in [5, 5.41) is 10.1. The first kappa shape index (κ1) is 26.7. The second-order valence-corrected chi connectivity index (χ2v) is 12.8. The van der Waals surface area contributed by atoms with Crippen LogP contribution in [0.4, 0.5) is 11.4 Å². The van der Waals surface area contributed by atoms with Gasteiger partial charge in [-0.2, -0.15) is 4.31 Å². The van der Waals surface area contributed by atoms with Crippen LogP contribution in [0.2, 0.25) is 5.02 Å². The van der Waals surface area contributed by atoms with Crippen molar-refractivity contribution in [3.8, 4) is 11.1 Å². The Morgan fingerprint density at radius 3 is 2.34 bits per heavy atom. The molecule has 3 aromatic rings. The number of carboxylic acids is 1. The minimum atomic E-state index is -3.88. The zero-order valence-corrected chi connectivity index (χ0v) is 23.5. The van der Waals surface area contributed by atoms with Crippen LogP contribution in [0.3, 0.4) is 0 Å². The Balaban J connectivity index is 1.75. The summed E-state index contributed by atoms with van der Waals surface area (Å²) >= 11 is 6.91. The van der Waals surface area contributed by atoms with Crippen molar-refractivity contribution in [2.24, 2.45) is 5.92 Å². The molecule has 0 spiro atoms. The number of rotatable bonds is 4. The Morgan fingerprint density at radius 1 is 1.00 bits per heavy atom. The van der Waals surface area contributed by atoms with Crippen molar-refractivity contribution in [3.05, 3.63) is 76.3 Å². The normalized spacial score (nSPS) is 20.1. The second-order valence-electron chi connectivity index (χ2n) is 10.5. The van der Waals surface area contributed by atoms with Crippen molar-refractivity contribution in [1.82, 2.24) is 4.31 Å². The number of carboxylic acid groups (broad SMARTS) is 1. The van der Waals surface area contributed by atoms with Gasteiger partial charge < -0.3 is 10.0 Å². The summed E-state index contributed by atoms with van der Waals surface area (Å²) in [6.07, 6.45) is 5.44. The lowest BCUT2D eigenvalue weighted by molar-refractivity contribution is 0.0696. The van der Waals surface area contributed by atoms with Gasteiger partial charge in [-0.1, -0.05) is 55.1 Å². The quantitative estimate of drug-likeness (QED) is 0.375. The molecule has 0 saturated heterocycles. The predicted molar refractivity (Wildman–Crippen MR) is 152 cm³/mol. The van der Waals surface area contributed by atoms with Crippen LogP contribution in [0.25, 0.3) is 11.1 Å². The summed E-state index contributed by atoms with van der Waals surface area (Å²) in [5.41, 5.74) is 4.16. The maximum Gasteiger partial charge on any atom is 0.335 e. The maximum absolute atomic E-state index is 14.3. The van der Waals surface area contributed by atoms with Crippen LogP contribution in [0.1, 0.15) is 53.6 Å². The lowest BCUT2D eigenvalue weighted by Crippen LogP contribution is -2.46. The zero-order valence-electron chi connectivity index (χ0n) is 21.9. The number of para-hydroxylation sites is 1. The summed E-state index contributed by atoms with van der Waals surface area (Å²) in [6, 6.07) is 16.3. The van der Waals surface area contributed by atoms with Gasteiger partial charge in [0.05, 0.1) is 16.3 Å². The standard InChI is InChI=1S/C30H33ClN2O4S/c1-19-14-15-23(30(34)35)20(2)29(19)24-16-28-26(17-25(24)31)33(22-12-8-5-9-13-22)18-27(32(3)38(28,36)37)21-10-6-4-7-11-21/h5,8-9,12-17,21,27H,4,6-7,10-11,18H2,1-3H3,(H,34,35)/t27-/m0/s1. The number of aryl methyl sites for hydroxylation is 1. The first-order valence-corrected chi connectivity index (χ1v) is 14.9. The number of halogens is 1. The summed E-state index contributed by atoms with van der Waals surface area (Å²) in [7, 11) is -2.18. The van der Waals surface area contributed by atoms with Gasteiger partial charge in [0.1, 0.15) is 4.90 Å².